The zero-order valence-electron chi connectivity index (χ0n) is 15.1. The van der Waals surface area contributed by atoms with Crippen LogP contribution < -0.4 is 19.5 Å². The fourth-order valence-corrected chi connectivity index (χ4v) is 4.27. The number of carbonyl (C=O) groups excluding carboxylic acids is 1. The minimum absolute atomic E-state index is 0.0624. The van der Waals surface area contributed by atoms with E-state index >= 15 is 0 Å². The lowest BCUT2D eigenvalue weighted by atomic mass is 10.2. The Kier molecular flexibility index (Phi) is 5.36. The van der Waals surface area contributed by atoms with E-state index in [-0.39, 0.29) is 10.8 Å². The SMILES string of the molecule is O=C(Nc1nccs1)c1ccc(NS(=O)(=O)c2ccc3c(c2)OCCCO3)cc1. The fourth-order valence-electron chi connectivity index (χ4n) is 2.67. The van der Waals surface area contributed by atoms with Gasteiger partial charge in [0, 0.05) is 35.3 Å². The number of rotatable bonds is 5. The highest BCUT2D eigenvalue weighted by molar-refractivity contribution is 7.92. The van der Waals surface area contributed by atoms with Crippen molar-refractivity contribution >= 4 is 38.1 Å². The van der Waals surface area contributed by atoms with E-state index in [1.165, 1.54) is 47.7 Å². The van der Waals surface area contributed by atoms with E-state index in [2.05, 4.69) is 15.0 Å². The van der Waals surface area contributed by atoms with Gasteiger partial charge in [-0.3, -0.25) is 14.8 Å². The lowest BCUT2D eigenvalue weighted by molar-refractivity contribution is 0.102. The van der Waals surface area contributed by atoms with Crippen LogP contribution >= 0.6 is 11.3 Å². The van der Waals surface area contributed by atoms with Gasteiger partial charge in [-0.2, -0.15) is 0 Å². The van der Waals surface area contributed by atoms with Gasteiger partial charge in [0.1, 0.15) is 0 Å². The van der Waals surface area contributed by atoms with Crippen molar-refractivity contribution in [1.29, 1.82) is 0 Å². The number of benzene rings is 2. The molecule has 0 spiro atoms. The Balaban J connectivity index is 1.48. The van der Waals surface area contributed by atoms with Gasteiger partial charge < -0.3 is 9.47 Å². The van der Waals surface area contributed by atoms with Crippen molar-refractivity contribution < 1.29 is 22.7 Å². The first-order valence-corrected chi connectivity index (χ1v) is 11.1. The zero-order chi connectivity index (χ0) is 20.3. The summed E-state index contributed by atoms with van der Waals surface area (Å²) < 4.78 is 39.0. The van der Waals surface area contributed by atoms with Crippen LogP contribution in [0.15, 0.2) is 58.9 Å². The van der Waals surface area contributed by atoms with Crippen molar-refractivity contribution in [2.24, 2.45) is 0 Å². The van der Waals surface area contributed by atoms with E-state index in [1.807, 2.05) is 0 Å². The quantitative estimate of drug-likeness (QED) is 0.642. The predicted molar refractivity (Wildman–Crippen MR) is 109 cm³/mol. The first kappa shape index (κ1) is 19.2. The van der Waals surface area contributed by atoms with Crippen LogP contribution in [0.4, 0.5) is 10.8 Å². The molecule has 0 saturated carbocycles. The lowest BCUT2D eigenvalue weighted by Gasteiger charge is -2.12. The van der Waals surface area contributed by atoms with Gasteiger partial charge in [-0.05, 0) is 36.4 Å². The second-order valence-electron chi connectivity index (χ2n) is 6.13. The van der Waals surface area contributed by atoms with Gasteiger partial charge in [-0.15, -0.1) is 11.3 Å². The Bertz CT molecular complexity index is 1110. The molecule has 3 aromatic rings. The molecule has 1 amide bonds. The van der Waals surface area contributed by atoms with Crippen LogP contribution in [0, 0.1) is 0 Å². The maximum Gasteiger partial charge on any atom is 0.262 e. The van der Waals surface area contributed by atoms with E-state index in [9.17, 15) is 13.2 Å². The number of amides is 1. The summed E-state index contributed by atoms with van der Waals surface area (Å²) in [5.41, 5.74) is 0.724. The minimum Gasteiger partial charge on any atom is -0.490 e. The van der Waals surface area contributed by atoms with E-state index < -0.39 is 10.0 Å². The van der Waals surface area contributed by atoms with Crippen LogP contribution in [-0.4, -0.2) is 32.5 Å². The third-order valence-electron chi connectivity index (χ3n) is 4.08. The molecule has 4 rings (SSSR count). The molecule has 0 radical (unpaired) electrons. The Morgan fingerprint density at radius 2 is 1.79 bits per heavy atom. The summed E-state index contributed by atoms with van der Waals surface area (Å²) in [6.07, 6.45) is 2.33. The molecule has 1 aliphatic rings. The van der Waals surface area contributed by atoms with Gasteiger partial charge in [-0.25, -0.2) is 13.4 Å². The Morgan fingerprint density at radius 3 is 2.52 bits per heavy atom. The van der Waals surface area contributed by atoms with Crippen LogP contribution in [0.5, 0.6) is 11.5 Å². The maximum atomic E-state index is 12.7. The number of thiazole rings is 1. The number of nitrogens with one attached hydrogen (secondary N) is 2. The number of nitrogens with zero attached hydrogens (tertiary/aromatic N) is 1. The van der Waals surface area contributed by atoms with Gasteiger partial charge >= 0.3 is 0 Å². The van der Waals surface area contributed by atoms with E-state index in [0.29, 0.717) is 41.1 Å². The number of anilines is 2. The molecule has 29 heavy (non-hydrogen) atoms. The van der Waals surface area contributed by atoms with Crippen molar-refractivity contribution in [1.82, 2.24) is 4.98 Å². The van der Waals surface area contributed by atoms with E-state index in [1.54, 1.807) is 17.6 Å². The Labute approximate surface area is 171 Å². The number of sulfonamides is 1. The molecule has 1 aliphatic heterocycles. The molecule has 2 aromatic carbocycles. The average molecular weight is 431 g/mol. The van der Waals surface area contributed by atoms with Crippen LogP contribution in [0.25, 0.3) is 0 Å². The molecule has 10 heteroatoms. The molecule has 8 nitrogen and oxygen atoms in total. The Morgan fingerprint density at radius 1 is 1.03 bits per heavy atom. The second-order valence-corrected chi connectivity index (χ2v) is 8.71. The first-order valence-electron chi connectivity index (χ1n) is 8.75. The van der Waals surface area contributed by atoms with Gasteiger partial charge in [0.2, 0.25) is 0 Å². The fraction of sp³-hybridized carbons (Fsp3) is 0.158. The van der Waals surface area contributed by atoms with Gasteiger partial charge in [0.15, 0.2) is 16.6 Å². The van der Waals surface area contributed by atoms with Crippen molar-refractivity contribution in [3.05, 3.63) is 59.6 Å². The third-order valence-corrected chi connectivity index (χ3v) is 6.15. The summed E-state index contributed by atoms with van der Waals surface area (Å²) in [7, 11) is -3.83. The Hall–Kier alpha value is -3.11. The molecule has 2 heterocycles. The topological polar surface area (TPSA) is 107 Å². The van der Waals surface area contributed by atoms with Crippen LogP contribution in [0.2, 0.25) is 0 Å². The molecule has 0 fully saturated rings. The van der Waals surface area contributed by atoms with Crippen molar-refractivity contribution in [3.63, 3.8) is 0 Å². The summed E-state index contributed by atoms with van der Waals surface area (Å²) in [5.74, 6) is 0.605. The number of hydrogen-bond acceptors (Lipinski definition) is 7. The number of carbonyl (C=O) groups is 1. The van der Waals surface area contributed by atoms with Gasteiger partial charge in [0.25, 0.3) is 15.9 Å². The monoisotopic (exact) mass is 431 g/mol. The van der Waals surface area contributed by atoms with Crippen LogP contribution in [-0.2, 0) is 10.0 Å². The van der Waals surface area contributed by atoms with Crippen LogP contribution in [0.1, 0.15) is 16.8 Å². The smallest absolute Gasteiger partial charge is 0.262 e. The maximum absolute atomic E-state index is 12.7. The lowest BCUT2D eigenvalue weighted by Crippen LogP contribution is -2.14. The molecular weight excluding hydrogens is 414 g/mol. The molecular formula is C19H17N3O5S2. The second kappa shape index (κ2) is 8.10. The summed E-state index contributed by atoms with van der Waals surface area (Å²) in [4.78, 5) is 16.2. The molecule has 0 bridgehead atoms. The highest BCUT2D eigenvalue weighted by Gasteiger charge is 2.19. The van der Waals surface area contributed by atoms with E-state index in [0.717, 1.165) is 6.42 Å². The molecule has 1 aromatic heterocycles. The van der Waals surface area contributed by atoms with E-state index in [4.69, 9.17) is 9.47 Å². The minimum atomic E-state index is -3.83. The van der Waals surface area contributed by atoms with Gasteiger partial charge in [0.05, 0.1) is 18.1 Å². The highest BCUT2D eigenvalue weighted by Crippen LogP contribution is 2.32. The number of aromatic nitrogens is 1. The highest BCUT2D eigenvalue weighted by atomic mass is 32.2. The predicted octanol–water partition coefficient (Wildman–Crippen LogP) is 3.36. The standard InChI is InChI=1S/C19H17N3O5S2/c23-18(21-19-20-8-11-28-19)13-2-4-14(5-3-13)22-29(24,25)15-6-7-16-17(12-15)27-10-1-9-26-16/h2-8,11-12,22H,1,9-10H2,(H,20,21,23). The van der Waals surface area contributed by atoms with Crippen LogP contribution in [0.3, 0.4) is 0 Å². The molecule has 0 aliphatic carbocycles. The first-order chi connectivity index (χ1) is 14.0. The molecule has 0 atom stereocenters. The normalized spacial score (nSPS) is 13.4. The van der Waals surface area contributed by atoms with Crippen molar-refractivity contribution in [2.45, 2.75) is 11.3 Å². The van der Waals surface area contributed by atoms with Gasteiger partial charge in [-0.1, -0.05) is 0 Å². The third kappa shape index (κ3) is 4.49. The molecule has 2 N–H and O–H groups in total. The summed E-state index contributed by atoms with van der Waals surface area (Å²) in [5, 5.41) is 4.92. The molecule has 0 saturated heterocycles. The van der Waals surface area contributed by atoms with Crippen molar-refractivity contribution in [2.75, 3.05) is 23.3 Å². The number of fused-ring (bicyclic) bond motifs is 1. The van der Waals surface area contributed by atoms with Crippen molar-refractivity contribution in [3.8, 4) is 11.5 Å². The number of hydrogen-bond donors (Lipinski definition) is 2. The summed E-state index contributed by atoms with van der Waals surface area (Å²) in [6.45, 7) is 0.994. The molecule has 0 unspecified atom stereocenters. The molecule has 150 valence electrons. The summed E-state index contributed by atoms with van der Waals surface area (Å²) in [6, 6.07) is 10.6. The zero-order valence-corrected chi connectivity index (χ0v) is 16.8. The number of ether oxygens (including phenoxy) is 2. The average Bonchev–Trinajstić information content (AvgIpc) is 3.10. The largest absolute Gasteiger partial charge is 0.490 e. The summed E-state index contributed by atoms with van der Waals surface area (Å²) >= 11 is 1.31.